The van der Waals surface area contributed by atoms with E-state index in [0.29, 0.717) is 28.4 Å². The lowest BCUT2D eigenvalue weighted by Crippen LogP contribution is -2.19. The van der Waals surface area contributed by atoms with Crippen LogP contribution in [0.25, 0.3) is 6.08 Å². The maximum Gasteiger partial charge on any atom is 0.231 e. The molecule has 0 atom stereocenters. The molecule has 0 bridgehead atoms. The lowest BCUT2D eigenvalue weighted by Gasteiger charge is -2.19. The molecule has 0 spiro atoms. The molecule has 0 saturated carbocycles. The Morgan fingerprint density at radius 3 is 2.48 bits per heavy atom. The van der Waals surface area contributed by atoms with Gasteiger partial charge in [0.1, 0.15) is 18.1 Å². The summed E-state index contributed by atoms with van der Waals surface area (Å²) in [5, 5.41) is 0. The summed E-state index contributed by atoms with van der Waals surface area (Å²) in [6.07, 6.45) is 1.83. The van der Waals surface area contributed by atoms with Crippen LogP contribution in [-0.4, -0.2) is 26.3 Å². The van der Waals surface area contributed by atoms with E-state index >= 15 is 0 Å². The number of Topliss-reactive ketones (excluding diaryl/α,β-unsaturated/α-hetero) is 1. The van der Waals surface area contributed by atoms with Crippen LogP contribution in [0.15, 0.2) is 42.0 Å². The van der Waals surface area contributed by atoms with Gasteiger partial charge in [-0.25, -0.2) is 0 Å². The van der Waals surface area contributed by atoms with Gasteiger partial charge in [0, 0.05) is 11.6 Å². The van der Waals surface area contributed by atoms with E-state index < -0.39 is 0 Å². The zero-order chi connectivity index (χ0) is 15.8. The smallest absolute Gasteiger partial charge is 0.231 e. The molecule has 116 valence electrons. The Kier molecular flexibility index (Phi) is 3.19. The Hall–Kier alpha value is -2.95. The SMILES string of the molecule is COc1ccc(C=C2COc3cc4c(cc3C2=O)OCO4)cc1. The van der Waals surface area contributed by atoms with Crippen molar-refractivity contribution in [1.29, 1.82) is 0 Å². The van der Waals surface area contributed by atoms with E-state index in [1.165, 1.54) is 0 Å². The standard InChI is InChI=1S/C18H14O5/c1-20-13-4-2-11(3-5-13)6-12-9-21-15-8-17-16(22-10-23-17)7-14(15)18(12)19/h2-8H,9-10H2,1H3. The molecule has 2 aliphatic rings. The summed E-state index contributed by atoms with van der Waals surface area (Å²) in [4.78, 5) is 12.7. The Labute approximate surface area is 133 Å². The van der Waals surface area contributed by atoms with Crippen LogP contribution >= 0.6 is 0 Å². The zero-order valence-electron chi connectivity index (χ0n) is 12.5. The predicted octanol–water partition coefficient (Wildman–Crippen LogP) is 3.08. The van der Waals surface area contributed by atoms with Crippen LogP contribution in [0.3, 0.4) is 0 Å². The third-order valence-electron chi connectivity index (χ3n) is 3.85. The van der Waals surface area contributed by atoms with Gasteiger partial charge in [0.25, 0.3) is 0 Å². The molecular formula is C18H14O5. The van der Waals surface area contributed by atoms with Crippen molar-refractivity contribution < 1.29 is 23.7 Å². The summed E-state index contributed by atoms with van der Waals surface area (Å²) in [5.74, 6) is 2.44. The van der Waals surface area contributed by atoms with Crippen LogP contribution in [-0.2, 0) is 0 Å². The lowest BCUT2D eigenvalue weighted by molar-refractivity contribution is 0.100. The fourth-order valence-corrected chi connectivity index (χ4v) is 2.62. The number of carbonyl (C=O) groups is 1. The largest absolute Gasteiger partial charge is 0.497 e. The van der Waals surface area contributed by atoms with Crippen molar-refractivity contribution >= 4 is 11.9 Å². The van der Waals surface area contributed by atoms with Crippen molar-refractivity contribution in [2.45, 2.75) is 0 Å². The zero-order valence-corrected chi connectivity index (χ0v) is 12.5. The highest BCUT2D eigenvalue weighted by atomic mass is 16.7. The summed E-state index contributed by atoms with van der Waals surface area (Å²) in [5.41, 5.74) is 2.02. The highest BCUT2D eigenvalue weighted by Crippen LogP contribution is 2.40. The topological polar surface area (TPSA) is 54.0 Å². The van der Waals surface area contributed by atoms with Gasteiger partial charge in [-0.05, 0) is 29.8 Å². The van der Waals surface area contributed by atoms with E-state index in [1.54, 1.807) is 19.2 Å². The molecule has 5 nitrogen and oxygen atoms in total. The second-order valence-corrected chi connectivity index (χ2v) is 5.26. The molecule has 4 rings (SSSR count). The number of ether oxygens (including phenoxy) is 4. The normalized spacial score (nSPS) is 16.9. The van der Waals surface area contributed by atoms with Crippen LogP contribution in [0.2, 0.25) is 0 Å². The minimum atomic E-state index is -0.0552. The number of hydrogen-bond donors (Lipinski definition) is 0. The second kappa shape index (κ2) is 5.35. The fourth-order valence-electron chi connectivity index (χ4n) is 2.62. The number of carbonyl (C=O) groups excluding carboxylic acids is 1. The molecular weight excluding hydrogens is 296 g/mol. The average Bonchev–Trinajstić information content (AvgIpc) is 3.04. The first kappa shape index (κ1) is 13.7. The van der Waals surface area contributed by atoms with E-state index in [4.69, 9.17) is 18.9 Å². The van der Waals surface area contributed by atoms with Crippen molar-refractivity contribution in [3.8, 4) is 23.0 Å². The van der Waals surface area contributed by atoms with E-state index in [2.05, 4.69) is 0 Å². The summed E-state index contributed by atoms with van der Waals surface area (Å²) >= 11 is 0. The third-order valence-corrected chi connectivity index (χ3v) is 3.85. The van der Waals surface area contributed by atoms with Gasteiger partial charge in [-0.2, -0.15) is 0 Å². The molecule has 2 aliphatic heterocycles. The average molecular weight is 310 g/mol. The maximum absolute atomic E-state index is 12.7. The molecule has 0 radical (unpaired) electrons. The van der Waals surface area contributed by atoms with Gasteiger partial charge in [0.05, 0.1) is 12.7 Å². The Morgan fingerprint density at radius 1 is 1.00 bits per heavy atom. The van der Waals surface area contributed by atoms with Crippen LogP contribution in [0.4, 0.5) is 0 Å². The highest BCUT2D eigenvalue weighted by molar-refractivity contribution is 6.14. The van der Waals surface area contributed by atoms with Crippen molar-refractivity contribution in [2.24, 2.45) is 0 Å². The minimum absolute atomic E-state index is 0.0552. The summed E-state index contributed by atoms with van der Waals surface area (Å²) in [7, 11) is 1.62. The Morgan fingerprint density at radius 2 is 1.74 bits per heavy atom. The van der Waals surface area contributed by atoms with Crippen LogP contribution < -0.4 is 18.9 Å². The van der Waals surface area contributed by atoms with Gasteiger partial charge in [-0.1, -0.05) is 12.1 Å². The first-order valence-electron chi connectivity index (χ1n) is 7.20. The molecule has 0 fully saturated rings. The summed E-state index contributed by atoms with van der Waals surface area (Å²) < 4.78 is 21.5. The third kappa shape index (κ3) is 2.40. The van der Waals surface area contributed by atoms with Gasteiger partial charge < -0.3 is 18.9 Å². The number of hydrogen-bond acceptors (Lipinski definition) is 5. The van der Waals surface area contributed by atoms with Crippen LogP contribution in [0.5, 0.6) is 23.0 Å². The first-order chi connectivity index (χ1) is 11.2. The van der Waals surface area contributed by atoms with E-state index in [0.717, 1.165) is 11.3 Å². The minimum Gasteiger partial charge on any atom is -0.497 e. The Balaban J connectivity index is 1.67. The number of methoxy groups -OCH3 is 1. The summed E-state index contributed by atoms with van der Waals surface area (Å²) in [6, 6.07) is 10.9. The van der Waals surface area contributed by atoms with Crippen molar-refractivity contribution in [2.75, 3.05) is 20.5 Å². The molecule has 23 heavy (non-hydrogen) atoms. The molecule has 0 amide bonds. The van der Waals surface area contributed by atoms with E-state index in [-0.39, 0.29) is 19.2 Å². The molecule has 2 aromatic rings. The molecule has 2 aromatic carbocycles. The molecule has 0 unspecified atom stereocenters. The molecule has 0 aromatic heterocycles. The summed E-state index contributed by atoms with van der Waals surface area (Å²) in [6.45, 7) is 0.401. The molecule has 2 heterocycles. The van der Waals surface area contributed by atoms with E-state index in [1.807, 2.05) is 30.3 Å². The molecule has 0 aliphatic carbocycles. The number of ketones is 1. The van der Waals surface area contributed by atoms with Gasteiger partial charge >= 0.3 is 0 Å². The quantitative estimate of drug-likeness (QED) is 0.798. The fraction of sp³-hybridized carbons (Fsp3) is 0.167. The predicted molar refractivity (Wildman–Crippen MR) is 83.4 cm³/mol. The highest BCUT2D eigenvalue weighted by Gasteiger charge is 2.27. The van der Waals surface area contributed by atoms with Crippen molar-refractivity contribution in [1.82, 2.24) is 0 Å². The van der Waals surface area contributed by atoms with Gasteiger partial charge in [-0.15, -0.1) is 0 Å². The van der Waals surface area contributed by atoms with Crippen LogP contribution in [0, 0.1) is 0 Å². The van der Waals surface area contributed by atoms with Gasteiger partial charge in [-0.3, -0.25) is 4.79 Å². The molecule has 5 heteroatoms. The van der Waals surface area contributed by atoms with Gasteiger partial charge in [0.2, 0.25) is 6.79 Å². The molecule has 0 N–H and O–H groups in total. The monoisotopic (exact) mass is 310 g/mol. The first-order valence-corrected chi connectivity index (χ1v) is 7.20. The van der Waals surface area contributed by atoms with Crippen LogP contribution in [0.1, 0.15) is 15.9 Å². The van der Waals surface area contributed by atoms with Crippen molar-refractivity contribution in [3.05, 3.63) is 53.1 Å². The number of rotatable bonds is 2. The lowest BCUT2D eigenvalue weighted by atomic mass is 9.98. The second-order valence-electron chi connectivity index (χ2n) is 5.26. The van der Waals surface area contributed by atoms with E-state index in [9.17, 15) is 4.79 Å². The van der Waals surface area contributed by atoms with Gasteiger partial charge in [0.15, 0.2) is 17.3 Å². The Bertz CT molecular complexity index is 805. The molecule has 0 saturated heterocycles. The number of fused-ring (bicyclic) bond motifs is 2. The van der Waals surface area contributed by atoms with Crippen molar-refractivity contribution in [3.63, 3.8) is 0 Å². The number of benzene rings is 2. The maximum atomic E-state index is 12.7.